The third-order valence-corrected chi connectivity index (χ3v) is 6.40. The maximum absolute atomic E-state index is 11.5. The second-order valence-corrected chi connectivity index (χ2v) is 6.94. The zero-order valence-electron chi connectivity index (χ0n) is 7.37. The summed E-state index contributed by atoms with van der Waals surface area (Å²) in [5.41, 5.74) is 0. The van der Waals surface area contributed by atoms with Gasteiger partial charge >= 0.3 is 0 Å². The van der Waals surface area contributed by atoms with Crippen LogP contribution in [0.1, 0.15) is 20.8 Å². The molecule has 3 unspecified atom stereocenters. The van der Waals surface area contributed by atoms with Gasteiger partial charge in [-0.3, -0.25) is 4.79 Å². The van der Waals surface area contributed by atoms with Crippen LogP contribution >= 0.6 is 0 Å². The lowest BCUT2D eigenvalue weighted by molar-refractivity contribution is -0.135. The van der Waals surface area contributed by atoms with E-state index in [-0.39, 0.29) is 17.6 Å². The van der Waals surface area contributed by atoms with E-state index in [1.54, 1.807) is 13.8 Å². The highest BCUT2D eigenvalue weighted by molar-refractivity contribution is 7.95. The summed E-state index contributed by atoms with van der Waals surface area (Å²) in [7, 11) is -3.13. The first-order valence-electron chi connectivity index (χ1n) is 4.09. The fourth-order valence-corrected chi connectivity index (χ4v) is 5.15. The predicted molar refractivity (Wildman–Crippen MR) is 44.4 cm³/mol. The number of ketones is 1. The van der Waals surface area contributed by atoms with Gasteiger partial charge in [-0.1, -0.05) is 6.92 Å². The zero-order valence-corrected chi connectivity index (χ0v) is 8.18. The summed E-state index contributed by atoms with van der Waals surface area (Å²) < 4.78 is 22.3. The Hall–Kier alpha value is -0.380. The van der Waals surface area contributed by atoms with Gasteiger partial charge in [0, 0.05) is 11.8 Å². The highest BCUT2D eigenvalue weighted by Gasteiger charge is 2.73. The standard InChI is InChI=1S/C8H12O3S/c1-4-5-7(6(4)9)12(10,11)8(5,2)3/h4-5,7H,1-3H3. The second-order valence-electron chi connectivity index (χ2n) is 4.29. The molecule has 0 radical (unpaired) electrons. The van der Waals surface area contributed by atoms with E-state index in [1.165, 1.54) is 0 Å². The van der Waals surface area contributed by atoms with Gasteiger partial charge in [0.1, 0.15) is 5.25 Å². The molecule has 3 nitrogen and oxygen atoms in total. The minimum absolute atomic E-state index is 0.0477. The molecule has 12 heavy (non-hydrogen) atoms. The van der Waals surface area contributed by atoms with Crippen LogP contribution in [0.15, 0.2) is 0 Å². The molecule has 0 amide bonds. The van der Waals surface area contributed by atoms with Crippen LogP contribution in [0.5, 0.6) is 0 Å². The fraction of sp³-hybridized carbons (Fsp3) is 0.875. The minimum atomic E-state index is -3.13. The average Bonchev–Trinajstić information content (AvgIpc) is 1.96. The number of carbonyl (C=O) groups excluding carboxylic acids is 1. The van der Waals surface area contributed by atoms with Gasteiger partial charge in [0.15, 0.2) is 15.6 Å². The topological polar surface area (TPSA) is 51.2 Å². The first-order valence-corrected chi connectivity index (χ1v) is 5.63. The Kier molecular flexibility index (Phi) is 1.21. The van der Waals surface area contributed by atoms with Crippen LogP contribution in [0, 0.1) is 11.8 Å². The Morgan fingerprint density at radius 3 is 2.25 bits per heavy atom. The molecule has 0 N–H and O–H groups in total. The minimum Gasteiger partial charge on any atom is -0.298 e. The molecule has 1 aliphatic heterocycles. The number of sulfone groups is 1. The molecule has 2 rings (SSSR count). The van der Waals surface area contributed by atoms with Crippen LogP contribution in [0.2, 0.25) is 0 Å². The van der Waals surface area contributed by atoms with Crippen molar-refractivity contribution in [2.75, 3.05) is 0 Å². The maximum Gasteiger partial charge on any atom is 0.166 e. The smallest absolute Gasteiger partial charge is 0.166 e. The molecule has 1 aliphatic carbocycles. The molecule has 0 spiro atoms. The quantitative estimate of drug-likeness (QED) is 0.553. The molecule has 0 aromatic heterocycles. The van der Waals surface area contributed by atoms with Gasteiger partial charge in [-0.2, -0.15) is 0 Å². The van der Waals surface area contributed by atoms with E-state index in [4.69, 9.17) is 0 Å². The molecule has 1 saturated carbocycles. The van der Waals surface area contributed by atoms with Gasteiger partial charge in [-0.25, -0.2) is 8.42 Å². The first kappa shape index (κ1) is 8.23. The summed E-state index contributed by atoms with van der Waals surface area (Å²) in [5.74, 6) is -0.0529. The van der Waals surface area contributed by atoms with Gasteiger partial charge in [-0.15, -0.1) is 0 Å². The average molecular weight is 188 g/mol. The molecule has 0 aromatic carbocycles. The van der Waals surface area contributed by atoms with E-state index >= 15 is 0 Å². The molecule has 68 valence electrons. The Morgan fingerprint density at radius 1 is 1.33 bits per heavy atom. The number of carbonyl (C=O) groups is 1. The third-order valence-electron chi connectivity index (χ3n) is 3.46. The van der Waals surface area contributed by atoms with Crippen molar-refractivity contribution in [3.8, 4) is 0 Å². The monoisotopic (exact) mass is 188 g/mol. The van der Waals surface area contributed by atoms with E-state index in [1.807, 2.05) is 6.92 Å². The Morgan fingerprint density at radius 2 is 1.83 bits per heavy atom. The molecule has 0 aromatic rings. The Balaban J connectivity index is 2.45. The zero-order chi connectivity index (χ0) is 9.31. The summed E-state index contributed by atoms with van der Waals surface area (Å²) in [6.45, 7) is 5.25. The Bertz CT molecular complexity index is 352. The molecular formula is C8H12O3S. The normalized spacial score (nSPS) is 47.2. The fourth-order valence-electron chi connectivity index (χ4n) is 2.51. The summed E-state index contributed by atoms with van der Waals surface area (Å²) >= 11 is 0. The molecular weight excluding hydrogens is 176 g/mol. The molecule has 2 fully saturated rings. The van der Waals surface area contributed by atoms with E-state index < -0.39 is 19.8 Å². The first-order chi connectivity index (χ1) is 5.32. The lowest BCUT2D eigenvalue weighted by atomic mass is 9.65. The van der Waals surface area contributed by atoms with Gasteiger partial charge in [0.25, 0.3) is 0 Å². The SMILES string of the molecule is CC1C(=O)C2C1C(C)(C)S2(=O)=O. The van der Waals surface area contributed by atoms with Crippen LogP contribution in [-0.4, -0.2) is 24.2 Å². The van der Waals surface area contributed by atoms with Crippen molar-refractivity contribution in [1.82, 2.24) is 0 Å². The van der Waals surface area contributed by atoms with Crippen molar-refractivity contribution >= 4 is 15.6 Å². The van der Waals surface area contributed by atoms with E-state index in [0.717, 1.165) is 0 Å². The van der Waals surface area contributed by atoms with Crippen LogP contribution < -0.4 is 0 Å². The van der Waals surface area contributed by atoms with Crippen LogP contribution in [0.3, 0.4) is 0 Å². The van der Waals surface area contributed by atoms with Gasteiger partial charge in [0.2, 0.25) is 0 Å². The third kappa shape index (κ3) is 0.533. The van der Waals surface area contributed by atoms with Crippen molar-refractivity contribution in [3.63, 3.8) is 0 Å². The lowest BCUT2D eigenvalue weighted by Gasteiger charge is -2.59. The number of fused-ring (bicyclic) bond motifs is 1. The molecule has 3 atom stereocenters. The second kappa shape index (κ2) is 1.76. The summed E-state index contributed by atoms with van der Waals surface area (Å²) in [4.78, 5) is 11.1. The molecule has 1 saturated heterocycles. The molecule has 0 bridgehead atoms. The van der Waals surface area contributed by atoms with E-state index in [0.29, 0.717) is 0 Å². The Labute approximate surface area is 72.1 Å². The summed E-state index contributed by atoms with van der Waals surface area (Å²) in [6.07, 6.45) is 0. The van der Waals surface area contributed by atoms with Gasteiger partial charge in [-0.05, 0) is 13.8 Å². The van der Waals surface area contributed by atoms with E-state index in [9.17, 15) is 13.2 Å². The number of rotatable bonds is 0. The summed E-state index contributed by atoms with van der Waals surface area (Å²) in [5, 5.41) is -0.650. The van der Waals surface area contributed by atoms with Crippen molar-refractivity contribution in [2.24, 2.45) is 11.8 Å². The lowest BCUT2D eigenvalue weighted by Crippen LogP contribution is -2.76. The van der Waals surface area contributed by atoms with Gasteiger partial charge < -0.3 is 0 Å². The highest BCUT2D eigenvalue weighted by atomic mass is 32.2. The maximum atomic E-state index is 11.5. The van der Waals surface area contributed by atoms with Crippen molar-refractivity contribution in [1.29, 1.82) is 0 Å². The number of hydrogen-bond acceptors (Lipinski definition) is 3. The van der Waals surface area contributed by atoms with Crippen molar-refractivity contribution in [2.45, 2.75) is 30.8 Å². The van der Waals surface area contributed by atoms with E-state index in [2.05, 4.69) is 0 Å². The summed E-state index contributed by atoms with van der Waals surface area (Å²) in [6, 6.07) is 0. The number of Topliss-reactive ketones (excluding diaryl/α,β-unsaturated/α-hetero) is 1. The molecule has 2 aliphatic rings. The van der Waals surface area contributed by atoms with Crippen molar-refractivity contribution in [3.05, 3.63) is 0 Å². The molecule has 4 heteroatoms. The van der Waals surface area contributed by atoms with Crippen molar-refractivity contribution < 1.29 is 13.2 Å². The van der Waals surface area contributed by atoms with Gasteiger partial charge in [0.05, 0.1) is 4.75 Å². The van der Waals surface area contributed by atoms with Crippen LogP contribution in [0.4, 0.5) is 0 Å². The van der Waals surface area contributed by atoms with Crippen LogP contribution in [0.25, 0.3) is 0 Å². The number of hydrogen-bond donors (Lipinski definition) is 0. The van der Waals surface area contributed by atoms with Crippen LogP contribution in [-0.2, 0) is 14.6 Å². The highest BCUT2D eigenvalue weighted by Crippen LogP contribution is 2.57. The molecule has 1 heterocycles. The predicted octanol–water partition coefficient (Wildman–Crippen LogP) is 0.397. The largest absolute Gasteiger partial charge is 0.298 e.